The van der Waals surface area contributed by atoms with E-state index in [-0.39, 0.29) is 11.4 Å². The van der Waals surface area contributed by atoms with Gasteiger partial charge in [-0.2, -0.15) is 0 Å². The van der Waals surface area contributed by atoms with Gasteiger partial charge < -0.3 is 19.7 Å². The molecule has 2 saturated heterocycles. The standard InChI is InChI=1S/C23H36N2O3/c1-2-22(26)8-16-27-15-7-21-5-3-4-20(18-21)6-12-25-13-9-23(10-14-25)19-24-11-17-28-23/h3-5,18,24H,2,6-17,19H2,1H3. The van der Waals surface area contributed by atoms with Crippen molar-refractivity contribution in [3.63, 3.8) is 0 Å². The van der Waals surface area contributed by atoms with E-state index in [4.69, 9.17) is 9.47 Å². The minimum absolute atomic E-state index is 0.0937. The third-order valence-electron chi connectivity index (χ3n) is 6.06. The first-order valence-electron chi connectivity index (χ1n) is 10.9. The number of carbonyl (C=O) groups is 1. The van der Waals surface area contributed by atoms with Crippen LogP contribution in [0.3, 0.4) is 0 Å². The van der Waals surface area contributed by atoms with Crippen molar-refractivity contribution in [2.24, 2.45) is 0 Å². The molecule has 0 aliphatic carbocycles. The Bertz CT molecular complexity index is 604. The van der Waals surface area contributed by atoms with Crippen LogP contribution in [-0.4, -0.2) is 68.8 Å². The van der Waals surface area contributed by atoms with Gasteiger partial charge >= 0.3 is 0 Å². The van der Waals surface area contributed by atoms with Crippen LogP contribution in [0.25, 0.3) is 0 Å². The fourth-order valence-corrected chi connectivity index (χ4v) is 4.09. The van der Waals surface area contributed by atoms with Crippen LogP contribution in [0.15, 0.2) is 24.3 Å². The number of nitrogens with one attached hydrogen (secondary N) is 1. The molecule has 3 rings (SSSR count). The molecule has 156 valence electrons. The lowest BCUT2D eigenvalue weighted by molar-refractivity contribution is -0.119. The van der Waals surface area contributed by atoms with Gasteiger partial charge in [0.2, 0.25) is 0 Å². The zero-order valence-electron chi connectivity index (χ0n) is 17.4. The second-order valence-electron chi connectivity index (χ2n) is 8.12. The van der Waals surface area contributed by atoms with E-state index in [2.05, 4.69) is 34.5 Å². The molecule has 0 unspecified atom stereocenters. The quantitative estimate of drug-likeness (QED) is 0.625. The molecule has 5 nitrogen and oxygen atoms in total. The molecule has 5 heteroatoms. The van der Waals surface area contributed by atoms with E-state index in [9.17, 15) is 4.79 Å². The molecular weight excluding hydrogens is 352 g/mol. The van der Waals surface area contributed by atoms with Crippen LogP contribution >= 0.6 is 0 Å². The van der Waals surface area contributed by atoms with Crippen LogP contribution in [0.5, 0.6) is 0 Å². The molecule has 0 amide bonds. The summed E-state index contributed by atoms with van der Waals surface area (Å²) in [6.45, 7) is 9.36. The molecule has 2 heterocycles. The first kappa shape index (κ1) is 21.4. The molecule has 0 radical (unpaired) electrons. The minimum Gasteiger partial charge on any atom is -0.381 e. The second-order valence-corrected chi connectivity index (χ2v) is 8.12. The zero-order chi connectivity index (χ0) is 19.7. The van der Waals surface area contributed by atoms with Crippen LogP contribution in [0.2, 0.25) is 0 Å². The molecule has 1 aromatic rings. The summed E-state index contributed by atoms with van der Waals surface area (Å²) in [5.74, 6) is 0.275. The molecule has 1 N–H and O–H groups in total. The third kappa shape index (κ3) is 6.66. The van der Waals surface area contributed by atoms with Crippen LogP contribution < -0.4 is 5.32 Å². The van der Waals surface area contributed by atoms with Crippen molar-refractivity contribution >= 4 is 5.78 Å². The molecule has 2 aliphatic heterocycles. The molecule has 0 saturated carbocycles. The van der Waals surface area contributed by atoms with E-state index in [1.54, 1.807) is 0 Å². The number of rotatable bonds is 10. The van der Waals surface area contributed by atoms with Crippen molar-refractivity contribution in [2.75, 3.05) is 52.5 Å². The van der Waals surface area contributed by atoms with Crippen molar-refractivity contribution < 1.29 is 14.3 Å². The summed E-state index contributed by atoms with van der Waals surface area (Å²) < 4.78 is 11.7. The van der Waals surface area contributed by atoms with Gasteiger partial charge in [-0.15, -0.1) is 0 Å². The summed E-state index contributed by atoms with van der Waals surface area (Å²) in [7, 11) is 0. The van der Waals surface area contributed by atoms with Crippen molar-refractivity contribution in [3.05, 3.63) is 35.4 Å². The van der Waals surface area contributed by atoms with E-state index in [1.807, 2.05) is 6.92 Å². The molecule has 0 bridgehead atoms. The molecule has 2 fully saturated rings. The maximum atomic E-state index is 11.3. The van der Waals surface area contributed by atoms with Gasteiger partial charge in [0.15, 0.2) is 0 Å². The van der Waals surface area contributed by atoms with Crippen LogP contribution in [0, 0.1) is 0 Å². The lowest BCUT2D eigenvalue weighted by atomic mass is 9.90. The van der Waals surface area contributed by atoms with Crippen molar-refractivity contribution in [2.45, 2.75) is 51.0 Å². The van der Waals surface area contributed by atoms with Gasteiger partial charge in [0.25, 0.3) is 0 Å². The van der Waals surface area contributed by atoms with Crippen LogP contribution in [0.4, 0.5) is 0 Å². The van der Waals surface area contributed by atoms with Gasteiger partial charge in [-0.25, -0.2) is 0 Å². The van der Waals surface area contributed by atoms with Gasteiger partial charge in [-0.05, 0) is 36.8 Å². The zero-order valence-corrected chi connectivity index (χ0v) is 17.4. The largest absolute Gasteiger partial charge is 0.381 e. The number of ether oxygens (including phenoxy) is 2. The van der Waals surface area contributed by atoms with E-state index >= 15 is 0 Å². The number of likely N-dealkylation sites (tertiary alicyclic amines) is 1. The Morgan fingerprint density at radius 1 is 1.21 bits per heavy atom. The molecular formula is C23H36N2O3. The lowest BCUT2D eigenvalue weighted by Crippen LogP contribution is -2.55. The Labute approximate surface area is 169 Å². The third-order valence-corrected chi connectivity index (χ3v) is 6.06. The summed E-state index contributed by atoms with van der Waals surface area (Å²) in [5, 5.41) is 3.49. The van der Waals surface area contributed by atoms with Gasteiger partial charge in [-0.1, -0.05) is 31.2 Å². The highest BCUT2D eigenvalue weighted by atomic mass is 16.5. The SMILES string of the molecule is CCC(=O)CCOCCc1cccc(CCN2CCC3(CC2)CNCCO3)c1. The Hall–Kier alpha value is -1.27. The number of benzene rings is 1. The second kappa shape index (κ2) is 11.1. The first-order valence-corrected chi connectivity index (χ1v) is 10.9. The summed E-state index contributed by atoms with van der Waals surface area (Å²) >= 11 is 0. The van der Waals surface area contributed by atoms with Crippen molar-refractivity contribution in [1.29, 1.82) is 0 Å². The highest BCUT2D eigenvalue weighted by Crippen LogP contribution is 2.27. The number of piperidine rings is 1. The predicted octanol–water partition coefficient (Wildman–Crippen LogP) is 2.61. The number of hydrogen-bond donors (Lipinski definition) is 1. The molecule has 1 spiro atoms. The van der Waals surface area contributed by atoms with Gasteiger partial charge in [-0.3, -0.25) is 4.79 Å². The normalized spacial score (nSPS) is 19.8. The number of Topliss-reactive ketones (excluding diaryl/α,β-unsaturated/α-hetero) is 1. The first-order chi connectivity index (χ1) is 13.7. The van der Waals surface area contributed by atoms with Crippen molar-refractivity contribution in [3.8, 4) is 0 Å². The average Bonchev–Trinajstić information content (AvgIpc) is 2.74. The molecule has 0 aromatic heterocycles. The van der Waals surface area contributed by atoms with E-state index in [0.717, 1.165) is 65.0 Å². The minimum atomic E-state index is 0.0937. The number of nitrogens with zero attached hydrogens (tertiary/aromatic N) is 1. The monoisotopic (exact) mass is 388 g/mol. The predicted molar refractivity (Wildman–Crippen MR) is 112 cm³/mol. The smallest absolute Gasteiger partial charge is 0.134 e. The fourth-order valence-electron chi connectivity index (χ4n) is 4.09. The average molecular weight is 389 g/mol. The summed E-state index contributed by atoms with van der Waals surface area (Å²) in [5.41, 5.74) is 2.81. The Kier molecular flexibility index (Phi) is 8.46. The summed E-state index contributed by atoms with van der Waals surface area (Å²) in [4.78, 5) is 13.9. The fraction of sp³-hybridized carbons (Fsp3) is 0.696. The molecule has 0 atom stereocenters. The van der Waals surface area contributed by atoms with Gasteiger partial charge in [0.1, 0.15) is 5.78 Å². The highest BCUT2D eigenvalue weighted by molar-refractivity contribution is 5.78. The molecule has 1 aromatic carbocycles. The highest BCUT2D eigenvalue weighted by Gasteiger charge is 2.36. The maximum absolute atomic E-state index is 11.3. The Morgan fingerprint density at radius 3 is 2.71 bits per heavy atom. The van der Waals surface area contributed by atoms with Gasteiger partial charge in [0, 0.05) is 45.6 Å². The molecule has 2 aliphatic rings. The Balaban J connectivity index is 1.35. The maximum Gasteiger partial charge on any atom is 0.134 e. The topological polar surface area (TPSA) is 50.8 Å². The van der Waals surface area contributed by atoms with Crippen LogP contribution in [0.1, 0.15) is 43.7 Å². The van der Waals surface area contributed by atoms with E-state index < -0.39 is 0 Å². The summed E-state index contributed by atoms with van der Waals surface area (Å²) in [6.07, 6.45) is 5.41. The Morgan fingerprint density at radius 2 is 2.00 bits per heavy atom. The van der Waals surface area contributed by atoms with Gasteiger partial charge in [0.05, 0.1) is 25.4 Å². The van der Waals surface area contributed by atoms with Crippen LogP contribution in [-0.2, 0) is 27.1 Å². The number of hydrogen-bond acceptors (Lipinski definition) is 5. The lowest BCUT2D eigenvalue weighted by Gasteiger charge is -2.44. The van der Waals surface area contributed by atoms with Crippen molar-refractivity contribution in [1.82, 2.24) is 10.2 Å². The number of carbonyl (C=O) groups excluding carboxylic acids is 1. The number of ketones is 1. The number of morpholine rings is 1. The van der Waals surface area contributed by atoms with E-state index in [0.29, 0.717) is 26.1 Å². The van der Waals surface area contributed by atoms with E-state index in [1.165, 1.54) is 11.1 Å². The molecule has 28 heavy (non-hydrogen) atoms. The summed E-state index contributed by atoms with van der Waals surface area (Å²) in [6, 6.07) is 8.85.